The van der Waals surface area contributed by atoms with Crippen LogP contribution in [0.4, 0.5) is 0 Å². The SMILES string of the molecule is CC(C)[n+]1c(-c2ccccc2)cc(-c2ccccc2)cc1-c1ccccc1.[I-]. The van der Waals surface area contributed by atoms with Gasteiger partial charge in [0.1, 0.15) is 0 Å². The maximum absolute atomic E-state index is 2.44. The number of hydrogen-bond donors (Lipinski definition) is 0. The van der Waals surface area contributed by atoms with Crippen LogP contribution in [0.5, 0.6) is 0 Å². The largest absolute Gasteiger partial charge is 1.00 e. The lowest BCUT2D eigenvalue weighted by atomic mass is 9.98. The molecule has 0 spiro atoms. The lowest BCUT2D eigenvalue weighted by Gasteiger charge is -2.15. The maximum atomic E-state index is 2.44. The third-order valence-electron chi connectivity index (χ3n) is 4.87. The maximum Gasteiger partial charge on any atom is 0.213 e. The van der Waals surface area contributed by atoms with Gasteiger partial charge in [0, 0.05) is 23.3 Å². The molecular weight excluding hydrogens is 453 g/mol. The van der Waals surface area contributed by atoms with Crippen LogP contribution in [0.25, 0.3) is 33.6 Å². The molecule has 4 rings (SSSR count). The van der Waals surface area contributed by atoms with Crippen molar-refractivity contribution in [2.24, 2.45) is 0 Å². The van der Waals surface area contributed by atoms with Gasteiger partial charge < -0.3 is 24.0 Å². The summed E-state index contributed by atoms with van der Waals surface area (Å²) in [5, 5.41) is 0. The molecule has 0 saturated carbocycles. The summed E-state index contributed by atoms with van der Waals surface area (Å²) in [5.41, 5.74) is 7.44. The number of hydrogen-bond acceptors (Lipinski definition) is 0. The van der Waals surface area contributed by atoms with E-state index < -0.39 is 0 Å². The lowest BCUT2D eigenvalue weighted by Crippen LogP contribution is -3.00. The molecule has 3 aromatic carbocycles. The van der Waals surface area contributed by atoms with Crippen molar-refractivity contribution in [3.05, 3.63) is 103 Å². The predicted octanol–water partition coefficient (Wildman–Crippen LogP) is 3.56. The van der Waals surface area contributed by atoms with Gasteiger partial charge in [-0.25, -0.2) is 0 Å². The zero-order valence-electron chi connectivity index (χ0n) is 16.2. The summed E-state index contributed by atoms with van der Waals surface area (Å²) in [7, 11) is 0. The van der Waals surface area contributed by atoms with E-state index in [-0.39, 0.29) is 24.0 Å². The van der Waals surface area contributed by atoms with E-state index in [1.54, 1.807) is 0 Å². The van der Waals surface area contributed by atoms with E-state index in [2.05, 4.69) is 122 Å². The summed E-state index contributed by atoms with van der Waals surface area (Å²) >= 11 is 0. The molecule has 0 aliphatic heterocycles. The van der Waals surface area contributed by atoms with Crippen LogP contribution >= 0.6 is 0 Å². The molecule has 0 N–H and O–H groups in total. The Morgan fingerprint density at radius 3 is 1.21 bits per heavy atom. The topological polar surface area (TPSA) is 3.88 Å². The van der Waals surface area contributed by atoms with Crippen molar-refractivity contribution in [3.8, 4) is 33.6 Å². The van der Waals surface area contributed by atoms with E-state index in [4.69, 9.17) is 0 Å². The molecule has 1 nitrogen and oxygen atoms in total. The fraction of sp³-hybridized carbons (Fsp3) is 0.115. The van der Waals surface area contributed by atoms with Crippen molar-refractivity contribution < 1.29 is 28.5 Å². The Hall–Kier alpha value is -2.46. The minimum Gasteiger partial charge on any atom is -1.00 e. The average molecular weight is 477 g/mol. The number of benzene rings is 3. The normalized spacial score (nSPS) is 10.5. The zero-order valence-corrected chi connectivity index (χ0v) is 18.4. The smallest absolute Gasteiger partial charge is 0.213 e. The second-order valence-corrected chi connectivity index (χ2v) is 7.08. The number of halogens is 1. The quantitative estimate of drug-likeness (QED) is 0.313. The van der Waals surface area contributed by atoms with Gasteiger partial charge in [-0.1, -0.05) is 66.7 Å². The summed E-state index contributed by atoms with van der Waals surface area (Å²) in [6.45, 7) is 4.50. The van der Waals surface area contributed by atoms with Crippen LogP contribution in [0.1, 0.15) is 19.9 Å². The lowest BCUT2D eigenvalue weighted by molar-refractivity contribution is -0.695. The standard InChI is InChI=1S/C26H24N.HI/c1-20(2)27-25(22-14-8-4-9-15-22)18-24(21-12-6-3-7-13-21)19-26(27)23-16-10-5-11-17-23;/h3-20H,1-2H3;1H/q+1;/p-1. The van der Waals surface area contributed by atoms with E-state index in [9.17, 15) is 0 Å². The summed E-state index contributed by atoms with van der Waals surface area (Å²) in [4.78, 5) is 0. The highest BCUT2D eigenvalue weighted by Crippen LogP contribution is 2.30. The molecule has 0 saturated heterocycles. The van der Waals surface area contributed by atoms with Crippen LogP contribution < -0.4 is 28.5 Å². The zero-order chi connectivity index (χ0) is 18.6. The Kier molecular flexibility index (Phi) is 6.63. The Morgan fingerprint density at radius 1 is 0.500 bits per heavy atom. The van der Waals surface area contributed by atoms with E-state index in [0.717, 1.165) is 0 Å². The Morgan fingerprint density at radius 2 is 0.857 bits per heavy atom. The first-order valence-corrected chi connectivity index (χ1v) is 9.50. The first-order valence-electron chi connectivity index (χ1n) is 9.50. The van der Waals surface area contributed by atoms with Crippen LogP contribution in [0, 0.1) is 0 Å². The second kappa shape index (κ2) is 9.16. The molecule has 0 atom stereocenters. The molecule has 0 aliphatic rings. The van der Waals surface area contributed by atoms with Crippen LogP contribution in [-0.4, -0.2) is 0 Å². The van der Waals surface area contributed by atoms with Crippen molar-refractivity contribution in [2.75, 3.05) is 0 Å². The summed E-state index contributed by atoms with van der Waals surface area (Å²) in [6, 6.07) is 37.0. The number of rotatable bonds is 4. The average Bonchev–Trinajstić information content (AvgIpc) is 2.74. The fourth-order valence-electron chi connectivity index (χ4n) is 3.62. The monoisotopic (exact) mass is 477 g/mol. The molecule has 0 unspecified atom stereocenters. The van der Waals surface area contributed by atoms with Gasteiger partial charge >= 0.3 is 0 Å². The summed E-state index contributed by atoms with van der Waals surface area (Å²) < 4.78 is 2.44. The van der Waals surface area contributed by atoms with Gasteiger partial charge in [-0.2, -0.15) is 4.57 Å². The van der Waals surface area contributed by atoms with Crippen molar-refractivity contribution in [1.29, 1.82) is 0 Å². The third-order valence-corrected chi connectivity index (χ3v) is 4.87. The van der Waals surface area contributed by atoms with Crippen LogP contribution in [-0.2, 0) is 0 Å². The molecule has 0 bridgehead atoms. The van der Waals surface area contributed by atoms with Gasteiger partial charge in [-0.05, 0) is 49.2 Å². The third kappa shape index (κ3) is 4.17. The predicted molar refractivity (Wildman–Crippen MR) is 113 cm³/mol. The van der Waals surface area contributed by atoms with E-state index in [0.29, 0.717) is 6.04 Å². The minimum atomic E-state index is 0. The fourth-order valence-corrected chi connectivity index (χ4v) is 3.62. The molecule has 0 radical (unpaired) electrons. The number of aromatic nitrogens is 1. The molecule has 0 fully saturated rings. The Labute approximate surface area is 184 Å². The summed E-state index contributed by atoms with van der Waals surface area (Å²) in [6.07, 6.45) is 0. The van der Waals surface area contributed by atoms with Gasteiger partial charge in [-0.15, -0.1) is 0 Å². The Bertz CT molecular complexity index is 965. The van der Waals surface area contributed by atoms with E-state index >= 15 is 0 Å². The molecule has 4 aromatic rings. The van der Waals surface area contributed by atoms with Crippen molar-refractivity contribution >= 4 is 0 Å². The molecule has 1 heterocycles. The molecule has 2 heteroatoms. The molecule has 140 valence electrons. The van der Waals surface area contributed by atoms with Gasteiger partial charge in [0.05, 0.1) is 0 Å². The van der Waals surface area contributed by atoms with Gasteiger partial charge in [0.25, 0.3) is 0 Å². The van der Waals surface area contributed by atoms with Gasteiger partial charge in [0.2, 0.25) is 11.4 Å². The van der Waals surface area contributed by atoms with Crippen molar-refractivity contribution in [1.82, 2.24) is 0 Å². The van der Waals surface area contributed by atoms with E-state index in [1.807, 2.05) is 0 Å². The van der Waals surface area contributed by atoms with Crippen LogP contribution in [0.15, 0.2) is 103 Å². The van der Waals surface area contributed by atoms with Gasteiger partial charge in [-0.3, -0.25) is 0 Å². The first-order chi connectivity index (χ1) is 13.2. The summed E-state index contributed by atoms with van der Waals surface area (Å²) in [5.74, 6) is 0. The molecule has 28 heavy (non-hydrogen) atoms. The van der Waals surface area contributed by atoms with Crippen LogP contribution in [0.2, 0.25) is 0 Å². The Balaban J connectivity index is 0.00000225. The minimum absolute atomic E-state index is 0. The van der Waals surface area contributed by atoms with Crippen molar-refractivity contribution in [2.45, 2.75) is 19.9 Å². The highest BCUT2D eigenvalue weighted by Gasteiger charge is 2.24. The van der Waals surface area contributed by atoms with Crippen LogP contribution in [0.3, 0.4) is 0 Å². The van der Waals surface area contributed by atoms with Gasteiger partial charge in [0.15, 0.2) is 6.04 Å². The number of pyridine rings is 1. The highest BCUT2D eigenvalue weighted by atomic mass is 127. The molecular formula is C26H24IN. The molecule has 1 aromatic heterocycles. The van der Waals surface area contributed by atoms with E-state index in [1.165, 1.54) is 33.6 Å². The molecule has 0 aliphatic carbocycles. The second-order valence-electron chi connectivity index (χ2n) is 7.08. The molecule has 0 amide bonds. The number of nitrogens with zero attached hydrogens (tertiary/aromatic N) is 1. The highest BCUT2D eigenvalue weighted by molar-refractivity contribution is 5.73. The first kappa shape index (κ1) is 20.3. The van der Waals surface area contributed by atoms with Crippen molar-refractivity contribution in [3.63, 3.8) is 0 Å².